The van der Waals surface area contributed by atoms with Crippen molar-refractivity contribution in [3.63, 3.8) is 0 Å². The molecule has 4 heteroatoms. The fourth-order valence-corrected chi connectivity index (χ4v) is 2.68. The number of para-hydroxylation sites is 1. The average Bonchev–Trinajstić information content (AvgIpc) is 2.70. The van der Waals surface area contributed by atoms with Gasteiger partial charge in [0, 0.05) is 6.54 Å². The Bertz CT molecular complexity index is 507. The first kappa shape index (κ1) is 12.8. The van der Waals surface area contributed by atoms with Gasteiger partial charge in [-0.2, -0.15) is 11.8 Å². The molecule has 0 radical (unpaired) electrons. The van der Waals surface area contributed by atoms with Gasteiger partial charge in [-0.05, 0) is 37.0 Å². The van der Waals surface area contributed by atoms with E-state index in [0.29, 0.717) is 5.88 Å². The van der Waals surface area contributed by atoms with Crippen molar-refractivity contribution in [1.29, 1.82) is 0 Å². The normalized spacial score (nSPS) is 11.2. The third-order valence-electron chi connectivity index (χ3n) is 2.91. The molecule has 0 saturated heterocycles. The predicted octanol–water partition coefficient (Wildman–Crippen LogP) is 3.84. The van der Waals surface area contributed by atoms with Crippen LogP contribution in [-0.2, 0) is 12.4 Å². The topological polar surface area (TPSA) is 17.8 Å². The molecule has 2 aromatic rings. The summed E-state index contributed by atoms with van der Waals surface area (Å²) < 4.78 is 2.26. The quantitative estimate of drug-likeness (QED) is 0.606. The lowest BCUT2D eigenvalue weighted by Gasteiger charge is -2.06. The molecule has 0 amide bonds. The van der Waals surface area contributed by atoms with Gasteiger partial charge in [-0.1, -0.05) is 12.1 Å². The number of hydrogen-bond acceptors (Lipinski definition) is 2. The molecule has 1 aromatic heterocycles. The Morgan fingerprint density at radius 2 is 2.24 bits per heavy atom. The van der Waals surface area contributed by atoms with E-state index in [1.807, 2.05) is 11.8 Å². The van der Waals surface area contributed by atoms with Gasteiger partial charge in [-0.15, -0.1) is 11.6 Å². The lowest BCUT2D eigenvalue weighted by molar-refractivity contribution is 0.677. The number of imidazole rings is 1. The summed E-state index contributed by atoms with van der Waals surface area (Å²) in [5.41, 5.74) is 3.52. The van der Waals surface area contributed by atoms with Crippen LogP contribution in [-0.4, -0.2) is 21.6 Å². The first-order chi connectivity index (χ1) is 8.27. The second kappa shape index (κ2) is 5.78. The van der Waals surface area contributed by atoms with Gasteiger partial charge in [0.25, 0.3) is 0 Å². The fraction of sp³-hybridized carbons (Fsp3) is 0.462. The van der Waals surface area contributed by atoms with Crippen molar-refractivity contribution in [3.8, 4) is 0 Å². The van der Waals surface area contributed by atoms with Crippen LogP contribution >= 0.6 is 23.4 Å². The highest BCUT2D eigenvalue weighted by Crippen LogP contribution is 2.21. The van der Waals surface area contributed by atoms with Gasteiger partial charge in [0.05, 0.1) is 16.9 Å². The van der Waals surface area contributed by atoms with Crippen LogP contribution in [0.3, 0.4) is 0 Å². The van der Waals surface area contributed by atoms with Crippen LogP contribution in [0.25, 0.3) is 11.0 Å². The molecule has 1 aromatic carbocycles. The summed E-state index contributed by atoms with van der Waals surface area (Å²) in [4.78, 5) is 4.63. The molecule has 0 fully saturated rings. The Morgan fingerprint density at radius 3 is 2.94 bits per heavy atom. The number of nitrogens with zero attached hydrogens (tertiary/aromatic N) is 2. The van der Waals surface area contributed by atoms with Crippen LogP contribution in [0.15, 0.2) is 18.2 Å². The van der Waals surface area contributed by atoms with Crippen molar-refractivity contribution < 1.29 is 0 Å². The van der Waals surface area contributed by atoms with Crippen molar-refractivity contribution >= 4 is 34.4 Å². The van der Waals surface area contributed by atoms with Crippen LogP contribution < -0.4 is 0 Å². The molecule has 0 bridgehead atoms. The van der Waals surface area contributed by atoms with Crippen LogP contribution in [0, 0.1) is 6.92 Å². The summed E-state index contributed by atoms with van der Waals surface area (Å²) in [5.74, 6) is 2.64. The zero-order chi connectivity index (χ0) is 12.3. The van der Waals surface area contributed by atoms with E-state index in [1.54, 1.807) is 0 Å². The zero-order valence-electron chi connectivity index (χ0n) is 10.2. The van der Waals surface area contributed by atoms with Gasteiger partial charge in [0.15, 0.2) is 0 Å². The minimum Gasteiger partial charge on any atom is -0.327 e. The molecule has 0 saturated carbocycles. The highest BCUT2D eigenvalue weighted by Gasteiger charge is 2.10. The molecule has 0 unspecified atom stereocenters. The monoisotopic (exact) mass is 268 g/mol. The van der Waals surface area contributed by atoms with E-state index in [2.05, 4.69) is 40.9 Å². The Balaban J connectivity index is 2.40. The lowest BCUT2D eigenvalue weighted by atomic mass is 10.2. The number of aromatic nitrogens is 2. The molecule has 0 atom stereocenters. The summed E-state index contributed by atoms with van der Waals surface area (Å²) in [6, 6.07) is 6.31. The smallest absolute Gasteiger partial charge is 0.124 e. The van der Waals surface area contributed by atoms with Crippen molar-refractivity contribution in [1.82, 2.24) is 9.55 Å². The average molecular weight is 269 g/mol. The molecule has 1 heterocycles. The molecule has 0 aliphatic carbocycles. The molecule has 2 nitrogen and oxygen atoms in total. The number of halogens is 1. The van der Waals surface area contributed by atoms with Crippen LogP contribution in [0.5, 0.6) is 0 Å². The first-order valence-corrected chi connectivity index (χ1v) is 7.70. The Hall–Kier alpha value is -0.670. The van der Waals surface area contributed by atoms with Gasteiger partial charge in [-0.25, -0.2) is 4.98 Å². The van der Waals surface area contributed by atoms with Gasteiger partial charge >= 0.3 is 0 Å². The van der Waals surface area contributed by atoms with E-state index in [-0.39, 0.29) is 0 Å². The number of aryl methyl sites for hydroxylation is 2. The SMILES string of the molecule is CSCCCn1c(CCl)nc2c(C)cccc21. The third-order valence-corrected chi connectivity index (χ3v) is 3.85. The standard InChI is InChI=1S/C13H17ClN2S/c1-10-5-3-6-11-13(10)15-12(9-14)16(11)7-4-8-17-2/h3,5-6H,4,7-9H2,1-2H3. The predicted molar refractivity (Wildman–Crippen MR) is 77.0 cm³/mol. The lowest BCUT2D eigenvalue weighted by Crippen LogP contribution is -2.03. The third kappa shape index (κ3) is 2.61. The van der Waals surface area contributed by atoms with Gasteiger partial charge in [0.2, 0.25) is 0 Å². The largest absolute Gasteiger partial charge is 0.327 e. The molecule has 2 rings (SSSR count). The maximum absolute atomic E-state index is 5.98. The van der Waals surface area contributed by atoms with Crippen molar-refractivity contribution in [2.75, 3.05) is 12.0 Å². The molecule has 0 aliphatic heterocycles. The van der Waals surface area contributed by atoms with Gasteiger partial charge < -0.3 is 4.57 Å². The van der Waals surface area contributed by atoms with E-state index in [0.717, 1.165) is 24.3 Å². The fourth-order valence-electron chi connectivity index (χ4n) is 2.05. The van der Waals surface area contributed by atoms with E-state index >= 15 is 0 Å². The number of hydrogen-bond donors (Lipinski definition) is 0. The number of alkyl halides is 1. The molecule has 17 heavy (non-hydrogen) atoms. The van der Waals surface area contributed by atoms with E-state index < -0.39 is 0 Å². The Morgan fingerprint density at radius 1 is 1.41 bits per heavy atom. The molecular formula is C13H17ClN2S. The molecule has 0 spiro atoms. The molecule has 92 valence electrons. The summed E-state index contributed by atoms with van der Waals surface area (Å²) in [5, 5.41) is 0. The van der Waals surface area contributed by atoms with E-state index in [4.69, 9.17) is 11.6 Å². The summed E-state index contributed by atoms with van der Waals surface area (Å²) >= 11 is 7.86. The Labute approximate surface area is 111 Å². The van der Waals surface area contributed by atoms with E-state index in [1.165, 1.54) is 16.8 Å². The maximum Gasteiger partial charge on any atom is 0.124 e. The first-order valence-electron chi connectivity index (χ1n) is 5.77. The minimum atomic E-state index is 0.480. The maximum atomic E-state index is 5.98. The van der Waals surface area contributed by atoms with Crippen LogP contribution in [0.2, 0.25) is 0 Å². The van der Waals surface area contributed by atoms with Crippen LogP contribution in [0.4, 0.5) is 0 Å². The highest BCUT2D eigenvalue weighted by atomic mass is 35.5. The van der Waals surface area contributed by atoms with Crippen LogP contribution in [0.1, 0.15) is 17.8 Å². The molecular weight excluding hydrogens is 252 g/mol. The molecule has 0 N–H and O–H groups in total. The van der Waals surface area contributed by atoms with E-state index in [9.17, 15) is 0 Å². The number of thioether (sulfide) groups is 1. The summed E-state index contributed by atoms with van der Waals surface area (Å²) in [7, 11) is 0. The zero-order valence-corrected chi connectivity index (χ0v) is 11.8. The second-order valence-corrected chi connectivity index (χ2v) is 5.36. The Kier molecular flexibility index (Phi) is 4.35. The number of rotatable bonds is 5. The van der Waals surface area contributed by atoms with Gasteiger partial charge in [-0.3, -0.25) is 0 Å². The summed E-state index contributed by atoms with van der Waals surface area (Å²) in [6.45, 7) is 3.10. The van der Waals surface area contributed by atoms with Crippen molar-refractivity contribution in [2.45, 2.75) is 25.8 Å². The number of fused-ring (bicyclic) bond motifs is 1. The van der Waals surface area contributed by atoms with Gasteiger partial charge in [0.1, 0.15) is 5.82 Å². The van der Waals surface area contributed by atoms with Crippen molar-refractivity contribution in [2.24, 2.45) is 0 Å². The minimum absolute atomic E-state index is 0.480. The molecule has 0 aliphatic rings. The van der Waals surface area contributed by atoms with Crippen molar-refractivity contribution in [3.05, 3.63) is 29.6 Å². The second-order valence-electron chi connectivity index (χ2n) is 4.10. The summed E-state index contributed by atoms with van der Waals surface area (Å²) in [6.07, 6.45) is 3.29. The highest BCUT2D eigenvalue weighted by molar-refractivity contribution is 7.98. The number of benzene rings is 1.